The van der Waals surface area contributed by atoms with Crippen molar-refractivity contribution in [3.8, 4) is 0 Å². The fourth-order valence-corrected chi connectivity index (χ4v) is 1.71. The number of hydrogen-bond acceptors (Lipinski definition) is 3. The van der Waals surface area contributed by atoms with Crippen molar-refractivity contribution in [2.24, 2.45) is 0 Å². The van der Waals surface area contributed by atoms with E-state index in [1.165, 1.54) is 0 Å². The fraction of sp³-hybridized carbons (Fsp3) is 0.455. The van der Waals surface area contributed by atoms with Gasteiger partial charge in [-0.2, -0.15) is 0 Å². The molecule has 0 atom stereocenters. The zero-order chi connectivity index (χ0) is 10.5. The zero-order valence-corrected chi connectivity index (χ0v) is 8.65. The van der Waals surface area contributed by atoms with E-state index in [-0.39, 0.29) is 5.91 Å². The molecule has 0 radical (unpaired) electrons. The molecule has 1 aromatic rings. The van der Waals surface area contributed by atoms with E-state index in [1.807, 2.05) is 23.2 Å². The fourth-order valence-electron chi connectivity index (χ4n) is 1.71. The Balaban J connectivity index is 2.01. The summed E-state index contributed by atoms with van der Waals surface area (Å²) >= 11 is 0. The van der Waals surface area contributed by atoms with Gasteiger partial charge in [-0.3, -0.25) is 9.78 Å². The van der Waals surface area contributed by atoms with E-state index >= 15 is 0 Å². The number of carbonyl (C=O) groups excluding carboxylic acids is 1. The summed E-state index contributed by atoms with van der Waals surface area (Å²) in [6, 6.07) is 3.90. The topological polar surface area (TPSA) is 45.2 Å². The van der Waals surface area contributed by atoms with Crippen LogP contribution in [0.15, 0.2) is 24.5 Å². The van der Waals surface area contributed by atoms with Crippen LogP contribution in [0, 0.1) is 0 Å². The summed E-state index contributed by atoms with van der Waals surface area (Å²) in [5.74, 6) is 0.177. The van der Waals surface area contributed by atoms with E-state index in [0.29, 0.717) is 13.1 Å². The first-order valence-corrected chi connectivity index (χ1v) is 5.23. The Hall–Kier alpha value is -1.42. The molecule has 1 saturated heterocycles. The smallest absolute Gasteiger partial charge is 0.236 e. The highest BCUT2D eigenvalue weighted by Crippen LogP contribution is 2.05. The lowest BCUT2D eigenvalue weighted by atomic mass is 10.2. The molecule has 80 valence electrons. The third-order valence-electron chi connectivity index (χ3n) is 2.51. The number of nitrogens with zero attached hydrogens (tertiary/aromatic N) is 2. The molecule has 0 saturated carbocycles. The van der Waals surface area contributed by atoms with E-state index in [2.05, 4.69) is 10.3 Å². The van der Waals surface area contributed by atoms with E-state index in [9.17, 15) is 4.79 Å². The van der Waals surface area contributed by atoms with Gasteiger partial charge in [0.05, 0.1) is 6.54 Å². The summed E-state index contributed by atoms with van der Waals surface area (Å²) in [4.78, 5) is 17.6. The monoisotopic (exact) mass is 205 g/mol. The van der Waals surface area contributed by atoms with Crippen LogP contribution in [0.4, 0.5) is 0 Å². The Morgan fingerprint density at radius 1 is 1.53 bits per heavy atom. The number of nitrogens with one attached hydrogen (secondary N) is 1. The highest BCUT2D eigenvalue weighted by molar-refractivity contribution is 5.78. The van der Waals surface area contributed by atoms with Gasteiger partial charge >= 0.3 is 0 Å². The van der Waals surface area contributed by atoms with Crippen molar-refractivity contribution in [3.63, 3.8) is 0 Å². The predicted octanol–water partition coefficient (Wildman–Crippen LogP) is 0.403. The number of carbonyl (C=O) groups is 1. The third-order valence-corrected chi connectivity index (χ3v) is 2.51. The summed E-state index contributed by atoms with van der Waals surface area (Å²) in [6.45, 7) is 2.89. The van der Waals surface area contributed by atoms with Crippen molar-refractivity contribution in [3.05, 3.63) is 30.1 Å². The van der Waals surface area contributed by atoms with Crippen molar-refractivity contribution in [2.45, 2.75) is 13.0 Å². The van der Waals surface area contributed by atoms with Gasteiger partial charge in [-0.15, -0.1) is 0 Å². The first kappa shape index (κ1) is 10.1. The molecule has 1 amide bonds. The van der Waals surface area contributed by atoms with E-state index in [1.54, 1.807) is 6.20 Å². The summed E-state index contributed by atoms with van der Waals surface area (Å²) in [5.41, 5.74) is 1.09. The second kappa shape index (κ2) is 4.89. The van der Waals surface area contributed by atoms with E-state index < -0.39 is 0 Å². The largest absolute Gasteiger partial charge is 0.337 e. The molecule has 1 aliphatic heterocycles. The Labute approximate surface area is 89.3 Å². The second-order valence-electron chi connectivity index (χ2n) is 3.71. The van der Waals surface area contributed by atoms with Gasteiger partial charge < -0.3 is 10.2 Å². The first-order valence-electron chi connectivity index (χ1n) is 5.23. The molecule has 2 heterocycles. The molecule has 1 aromatic heterocycles. The van der Waals surface area contributed by atoms with Crippen molar-refractivity contribution in [1.29, 1.82) is 0 Å². The Kier molecular flexibility index (Phi) is 3.29. The van der Waals surface area contributed by atoms with Crippen molar-refractivity contribution in [1.82, 2.24) is 15.2 Å². The average Bonchev–Trinajstić information content (AvgIpc) is 2.46. The Morgan fingerprint density at radius 3 is 3.27 bits per heavy atom. The Morgan fingerprint density at radius 2 is 2.47 bits per heavy atom. The lowest BCUT2D eigenvalue weighted by molar-refractivity contribution is -0.130. The quantitative estimate of drug-likeness (QED) is 0.760. The molecule has 0 aliphatic carbocycles. The molecule has 15 heavy (non-hydrogen) atoms. The molecule has 4 heteroatoms. The van der Waals surface area contributed by atoms with Gasteiger partial charge in [-0.05, 0) is 24.6 Å². The third kappa shape index (κ3) is 2.76. The highest BCUT2D eigenvalue weighted by atomic mass is 16.2. The number of rotatable bonds is 2. The van der Waals surface area contributed by atoms with Gasteiger partial charge in [0.15, 0.2) is 0 Å². The molecular weight excluding hydrogens is 190 g/mol. The second-order valence-corrected chi connectivity index (χ2v) is 3.71. The van der Waals surface area contributed by atoms with Crippen LogP contribution < -0.4 is 5.32 Å². The minimum absolute atomic E-state index is 0.177. The molecule has 0 bridgehead atoms. The summed E-state index contributed by atoms with van der Waals surface area (Å²) in [7, 11) is 0. The lowest BCUT2D eigenvalue weighted by Crippen LogP contribution is -2.34. The van der Waals surface area contributed by atoms with Crippen LogP contribution in [0.5, 0.6) is 0 Å². The first-order chi connectivity index (χ1) is 7.36. The van der Waals surface area contributed by atoms with Crippen molar-refractivity contribution in [2.75, 3.05) is 19.6 Å². The molecule has 1 fully saturated rings. The molecule has 0 spiro atoms. The van der Waals surface area contributed by atoms with Crippen LogP contribution in [-0.2, 0) is 11.3 Å². The Bertz CT molecular complexity index is 326. The van der Waals surface area contributed by atoms with Gasteiger partial charge in [-0.1, -0.05) is 6.07 Å². The van der Waals surface area contributed by atoms with Crippen LogP contribution in [0.1, 0.15) is 12.0 Å². The number of pyridine rings is 1. The SMILES string of the molecule is O=C1CNCCCN1Cc1cccnc1. The van der Waals surface area contributed by atoms with Crippen LogP contribution >= 0.6 is 0 Å². The molecule has 1 aliphatic rings. The molecule has 4 nitrogen and oxygen atoms in total. The number of hydrogen-bond donors (Lipinski definition) is 1. The molecular formula is C11H15N3O. The highest BCUT2D eigenvalue weighted by Gasteiger charge is 2.15. The standard InChI is InChI=1S/C11H15N3O/c15-11-8-13-5-2-6-14(11)9-10-3-1-4-12-7-10/h1,3-4,7,13H,2,5-6,8-9H2. The van der Waals surface area contributed by atoms with Gasteiger partial charge in [0.2, 0.25) is 5.91 Å². The molecule has 1 N–H and O–H groups in total. The number of amides is 1. The summed E-state index contributed by atoms with van der Waals surface area (Å²) in [5, 5.41) is 3.11. The van der Waals surface area contributed by atoms with Gasteiger partial charge in [0, 0.05) is 25.5 Å². The van der Waals surface area contributed by atoms with Crippen LogP contribution in [0.25, 0.3) is 0 Å². The number of aromatic nitrogens is 1. The van der Waals surface area contributed by atoms with Crippen LogP contribution in [-0.4, -0.2) is 35.4 Å². The van der Waals surface area contributed by atoms with Crippen LogP contribution in [0.3, 0.4) is 0 Å². The maximum Gasteiger partial charge on any atom is 0.236 e. The van der Waals surface area contributed by atoms with Gasteiger partial charge in [0.25, 0.3) is 0 Å². The van der Waals surface area contributed by atoms with E-state index in [4.69, 9.17) is 0 Å². The molecule has 2 rings (SSSR count). The molecule has 0 unspecified atom stereocenters. The summed E-state index contributed by atoms with van der Waals surface area (Å²) < 4.78 is 0. The predicted molar refractivity (Wildman–Crippen MR) is 57.1 cm³/mol. The maximum atomic E-state index is 11.7. The minimum Gasteiger partial charge on any atom is -0.337 e. The van der Waals surface area contributed by atoms with Crippen LogP contribution in [0.2, 0.25) is 0 Å². The molecule has 0 aromatic carbocycles. The maximum absolute atomic E-state index is 11.7. The lowest BCUT2D eigenvalue weighted by Gasteiger charge is -2.19. The zero-order valence-electron chi connectivity index (χ0n) is 8.65. The van der Waals surface area contributed by atoms with Gasteiger partial charge in [-0.25, -0.2) is 0 Å². The average molecular weight is 205 g/mol. The van der Waals surface area contributed by atoms with Gasteiger partial charge in [0.1, 0.15) is 0 Å². The van der Waals surface area contributed by atoms with Crippen molar-refractivity contribution < 1.29 is 4.79 Å². The normalized spacial score (nSPS) is 17.6. The minimum atomic E-state index is 0.177. The van der Waals surface area contributed by atoms with E-state index in [0.717, 1.165) is 25.1 Å². The van der Waals surface area contributed by atoms with Crippen molar-refractivity contribution >= 4 is 5.91 Å². The summed E-state index contributed by atoms with van der Waals surface area (Å²) in [6.07, 6.45) is 4.58.